The first-order valence-electron chi connectivity index (χ1n) is 9.13. The van der Waals surface area contributed by atoms with Gasteiger partial charge in [0.1, 0.15) is 0 Å². The molecule has 1 aromatic heterocycles. The molecule has 0 spiro atoms. The van der Waals surface area contributed by atoms with Crippen LogP contribution < -0.4 is 15.5 Å². The van der Waals surface area contributed by atoms with Gasteiger partial charge in [-0.1, -0.05) is 20.8 Å². The number of aromatic nitrogens is 2. The van der Waals surface area contributed by atoms with Gasteiger partial charge in [0, 0.05) is 50.2 Å². The number of nitrogens with one attached hydrogen (secondary N) is 2. The van der Waals surface area contributed by atoms with E-state index < -0.39 is 0 Å². The molecule has 2 aliphatic rings. The van der Waals surface area contributed by atoms with E-state index >= 15 is 0 Å². The van der Waals surface area contributed by atoms with Gasteiger partial charge in [-0.15, -0.1) is 5.10 Å². The Bertz CT molecular complexity index is 572. The van der Waals surface area contributed by atoms with Crippen molar-refractivity contribution in [2.75, 3.05) is 37.7 Å². The largest absolute Gasteiger partial charge is 0.381 e. The van der Waals surface area contributed by atoms with Crippen molar-refractivity contribution in [3.63, 3.8) is 0 Å². The van der Waals surface area contributed by atoms with Crippen LogP contribution in [0.15, 0.2) is 12.1 Å². The fourth-order valence-corrected chi connectivity index (χ4v) is 3.10. The summed E-state index contributed by atoms with van der Waals surface area (Å²) < 4.78 is 5.30. The summed E-state index contributed by atoms with van der Waals surface area (Å²) in [5.41, 5.74) is 1.02. The number of hydrogen-bond donors (Lipinski definition) is 2. The third kappa shape index (κ3) is 4.81. The Labute approximate surface area is 149 Å². The molecule has 2 amide bonds. The van der Waals surface area contributed by atoms with Gasteiger partial charge in [-0.25, -0.2) is 4.79 Å². The van der Waals surface area contributed by atoms with E-state index in [4.69, 9.17) is 4.74 Å². The lowest BCUT2D eigenvalue weighted by atomic mass is 9.92. The molecule has 7 nitrogen and oxygen atoms in total. The van der Waals surface area contributed by atoms with Crippen molar-refractivity contribution in [3.05, 3.63) is 17.8 Å². The summed E-state index contributed by atoms with van der Waals surface area (Å²) in [6, 6.07) is 4.26. The first-order valence-corrected chi connectivity index (χ1v) is 9.13. The van der Waals surface area contributed by atoms with Gasteiger partial charge in [-0.05, 0) is 25.0 Å². The lowest BCUT2D eigenvalue weighted by Gasteiger charge is -2.40. The fraction of sp³-hybridized carbons (Fsp3) is 0.722. The lowest BCUT2D eigenvalue weighted by molar-refractivity contribution is 0.0800. The number of carbonyl (C=O) groups excluding carboxylic acids is 1. The molecule has 0 saturated carbocycles. The Kier molecular flexibility index (Phi) is 5.42. The normalized spacial score (nSPS) is 19.4. The number of ether oxygens (including phenoxy) is 1. The maximum Gasteiger partial charge on any atom is 0.315 e. The first kappa shape index (κ1) is 17.9. The predicted octanol–water partition coefficient (Wildman–Crippen LogP) is 1.69. The average molecular weight is 347 g/mol. The van der Waals surface area contributed by atoms with Crippen LogP contribution in [0.2, 0.25) is 0 Å². The van der Waals surface area contributed by atoms with Gasteiger partial charge >= 0.3 is 6.03 Å². The second-order valence-corrected chi connectivity index (χ2v) is 8.04. The Morgan fingerprint density at radius 3 is 2.56 bits per heavy atom. The molecule has 7 heteroatoms. The number of urea groups is 1. The molecule has 25 heavy (non-hydrogen) atoms. The van der Waals surface area contributed by atoms with E-state index in [1.54, 1.807) is 0 Å². The van der Waals surface area contributed by atoms with E-state index in [0.717, 1.165) is 50.7 Å². The summed E-state index contributed by atoms with van der Waals surface area (Å²) in [4.78, 5) is 14.1. The zero-order chi connectivity index (χ0) is 17.9. The van der Waals surface area contributed by atoms with E-state index in [1.165, 1.54) is 0 Å². The number of amides is 2. The third-order valence-electron chi connectivity index (χ3n) is 4.81. The molecular formula is C18H29N5O2. The number of rotatable bonds is 4. The number of nitrogens with zero attached hydrogens (tertiary/aromatic N) is 3. The second-order valence-electron chi connectivity index (χ2n) is 8.04. The average Bonchev–Trinajstić information content (AvgIpc) is 2.54. The lowest BCUT2D eigenvalue weighted by Crippen LogP contribution is -2.54. The van der Waals surface area contributed by atoms with Gasteiger partial charge in [-0.2, -0.15) is 5.10 Å². The zero-order valence-corrected chi connectivity index (χ0v) is 15.4. The van der Waals surface area contributed by atoms with E-state index in [9.17, 15) is 4.79 Å². The Hall–Kier alpha value is -1.89. The first-order chi connectivity index (χ1) is 11.9. The van der Waals surface area contributed by atoms with Crippen LogP contribution in [0.5, 0.6) is 0 Å². The number of carbonyl (C=O) groups is 1. The molecule has 2 fully saturated rings. The fourth-order valence-electron chi connectivity index (χ4n) is 3.10. The monoisotopic (exact) mass is 347 g/mol. The Morgan fingerprint density at radius 2 is 1.96 bits per heavy atom. The van der Waals surface area contributed by atoms with Crippen LogP contribution in [0.1, 0.15) is 39.3 Å². The Balaban J connectivity index is 1.37. The minimum Gasteiger partial charge on any atom is -0.381 e. The maximum absolute atomic E-state index is 11.9. The highest BCUT2D eigenvalue weighted by Gasteiger charge is 2.29. The van der Waals surface area contributed by atoms with E-state index in [0.29, 0.717) is 12.5 Å². The summed E-state index contributed by atoms with van der Waals surface area (Å²) in [7, 11) is 0. The molecule has 0 radical (unpaired) electrons. The maximum atomic E-state index is 11.9. The minimum absolute atomic E-state index is 0.0186. The van der Waals surface area contributed by atoms with Gasteiger partial charge in [0.15, 0.2) is 5.82 Å². The molecule has 3 rings (SSSR count). The van der Waals surface area contributed by atoms with E-state index in [2.05, 4.69) is 52.6 Å². The Morgan fingerprint density at radius 1 is 1.24 bits per heavy atom. The van der Waals surface area contributed by atoms with Crippen LogP contribution in [-0.4, -0.2) is 55.1 Å². The van der Waals surface area contributed by atoms with Crippen LogP contribution in [0, 0.1) is 5.92 Å². The van der Waals surface area contributed by atoms with Crippen molar-refractivity contribution in [2.24, 2.45) is 5.92 Å². The van der Waals surface area contributed by atoms with Gasteiger partial charge in [-0.3, -0.25) is 0 Å². The summed E-state index contributed by atoms with van der Waals surface area (Å²) in [5.74, 6) is 1.38. The van der Waals surface area contributed by atoms with Gasteiger partial charge in [0.2, 0.25) is 0 Å². The van der Waals surface area contributed by atoms with Crippen molar-refractivity contribution >= 4 is 11.8 Å². The molecule has 2 saturated heterocycles. The van der Waals surface area contributed by atoms with Crippen molar-refractivity contribution in [1.82, 2.24) is 20.8 Å². The highest BCUT2D eigenvalue weighted by molar-refractivity contribution is 5.74. The van der Waals surface area contributed by atoms with Crippen LogP contribution in [0.4, 0.5) is 10.6 Å². The van der Waals surface area contributed by atoms with Crippen LogP contribution >= 0.6 is 0 Å². The molecule has 2 aliphatic heterocycles. The molecule has 138 valence electrons. The summed E-state index contributed by atoms with van der Waals surface area (Å²) in [6.45, 7) is 10.4. The summed E-state index contributed by atoms with van der Waals surface area (Å²) >= 11 is 0. The molecule has 0 bridgehead atoms. The van der Waals surface area contributed by atoms with Crippen LogP contribution in [0.3, 0.4) is 0 Å². The minimum atomic E-state index is -0.0697. The van der Waals surface area contributed by atoms with Crippen molar-refractivity contribution in [2.45, 2.75) is 45.1 Å². The molecule has 0 unspecified atom stereocenters. The molecular weight excluding hydrogens is 318 g/mol. The van der Waals surface area contributed by atoms with Gasteiger partial charge < -0.3 is 20.3 Å². The summed E-state index contributed by atoms with van der Waals surface area (Å²) in [6.07, 6.45) is 1.79. The molecule has 0 atom stereocenters. The SMILES string of the molecule is CC(C)(C)c1ccc(N2CC(CNC(=O)NC3CCOCC3)C2)nn1. The zero-order valence-electron chi connectivity index (χ0n) is 15.4. The quantitative estimate of drug-likeness (QED) is 0.866. The number of anilines is 1. The molecule has 2 N–H and O–H groups in total. The standard InChI is InChI=1S/C18H29N5O2/c1-18(2,3)15-4-5-16(22-21-15)23-11-13(12-23)10-19-17(24)20-14-6-8-25-9-7-14/h4-5,13-14H,6-12H2,1-3H3,(H2,19,20,24). The highest BCUT2D eigenvalue weighted by atomic mass is 16.5. The van der Waals surface area contributed by atoms with E-state index in [-0.39, 0.29) is 17.5 Å². The topological polar surface area (TPSA) is 79.4 Å². The number of hydrogen-bond acceptors (Lipinski definition) is 5. The molecule has 1 aromatic rings. The van der Waals surface area contributed by atoms with Gasteiger partial charge in [0.25, 0.3) is 0 Å². The molecule has 0 aromatic carbocycles. The molecule has 0 aliphatic carbocycles. The molecule has 3 heterocycles. The second kappa shape index (κ2) is 7.56. The van der Waals surface area contributed by atoms with Crippen LogP contribution in [0.25, 0.3) is 0 Å². The summed E-state index contributed by atoms with van der Waals surface area (Å²) in [5, 5.41) is 14.7. The smallest absolute Gasteiger partial charge is 0.315 e. The van der Waals surface area contributed by atoms with E-state index in [1.807, 2.05) is 6.07 Å². The van der Waals surface area contributed by atoms with Crippen molar-refractivity contribution in [3.8, 4) is 0 Å². The van der Waals surface area contributed by atoms with Crippen LogP contribution in [-0.2, 0) is 10.2 Å². The predicted molar refractivity (Wildman–Crippen MR) is 96.8 cm³/mol. The van der Waals surface area contributed by atoms with Crippen molar-refractivity contribution < 1.29 is 9.53 Å². The van der Waals surface area contributed by atoms with Crippen molar-refractivity contribution in [1.29, 1.82) is 0 Å². The third-order valence-corrected chi connectivity index (χ3v) is 4.81. The highest BCUT2D eigenvalue weighted by Crippen LogP contribution is 2.24. The van der Waals surface area contributed by atoms with Gasteiger partial charge in [0.05, 0.1) is 5.69 Å².